The molecule has 0 radical (unpaired) electrons. The molecule has 1 N–H and O–H groups in total. The first-order valence-electron chi connectivity index (χ1n) is 8.47. The molecule has 0 saturated heterocycles. The first-order chi connectivity index (χ1) is 13.8. The zero-order chi connectivity index (χ0) is 20.8. The molecule has 3 aromatic rings. The van der Waals surface area contributed by atoms with Crippen molar-refractivity contribution in [2.75, 3.05) is 18.6 Å². The predicted octanol–water partition coefficient (Wildman–Crippen LogP) is 2.06. The van der Waals surface area contributed by atoms with Crippen LogP contribution >= 0.6 is 0 Å². The van der Waals surface area contributed by atoms with Crippen molar-refractivity contribution in [3.8, 4) is 5.75 Å². The van der Waals surface area contributed by atoms with Gasteiger partial charge in [0.2, 0.25) is 0 Å². The molecule has 29 heavy (non-hydrogen) atoms. The third-order valence-corrected chi connectivity index (χ3v) is 4.49. The van der Waals surface area contributed by atoms with Crippen LogP contribution in [0.15, 0.2) is 42.7 Å². The summed E-state index contributed by atoms with van der Waals surface area (Å²) in [6, 6.07) is 6.82. The highest BCUT2D eigenvalue weighted by Crippen LogP contribution is 2.30. The van der Waals surface area contributed by atoms with E-state index >= 15 is 0 Å². The maximum Gasteiger partial charge on any atom is 0.505 e. The molecule has 1 aliphatic rings. The molecule has 0 aliphatic carbocycles. The predicted molar refractivity (Wildman–Crippen MR) is 95.4 cm³/mol. The van der Waals surface area contributed by atoms with Crippen molar-refractivity contribution in [3.63, 3.8) is 0 Å². The van der Waals surface area contributed by atoms with Gasteiger partial charge in [0.15, 0.2) is 0 Å². The zero-order valence-corrected chi connectivity index (χ0v) is 15.0. The van der Waals surface area contributed by atoms with Crippen molar-refractivity contribution in [3.05, 3.63) is 48.4 Å². The van der Waals surface area contributed by atoms with E-state index in [9.17, 15) is 22.8 Å². The van der Waals surface area contributed by atoms with Gasteiger partial charge in [0, 0.05) is 18.6 Å². The van der Waals surface area contributed by atoms with E-state index in [4.69, 9.17) is 4.74 Å². The summed E-state index contributed by atoms with van der Waals surface area (Å²) in [7, 11) is 1.54. The first kappa shape index (κ1) is 18.7. The number of anilines is 1. The van der Waals surface area contributed by atoms with Crippen molar-refractivity contribution in [1.82, 2.24) is 20.1 Å². The van der Waals surface area contributed by atoms with E-state index in [1.807, 2.05) is 0 Å². The van der Waals surface area contributed by atoms with Gasteiger partial charge in [0.1, 0.15) is 24.1 Å². The number of para-hydroxylation sites is 2. The summed E-state index contributed by atoms with van der Waals surface area (Å²) in [4.78, 5) is 30.5. The number of ether oxygens (including phenoxy) is 1. The maximum absolute atomic E-state index is 13.0. The van der Waals surface area contributed by atoms with Gasteiger partial charge < -0.3 is 15.0 Å². The van der Waals surface area contributed by atoms with Gasteiger partial charge in [0.05, 0.1) is 17.4 Å². The highest BCUT2D eigenvalue weighted by molar-refractivity contribution is 6.03. The van der Waals surface area contributed by atoms with Crippen molar-refractivity contribution in [2.24, 2.45) is 0 Å². The highest BCUT2D eigenvalue weighted by atomic mass is 19.4. The van der Waals surface area contributed by atoms with Gasteiger partial charge in [0.25, 0.3) is 11.8 Å². The number of nitrogens with one attached hydrogen (secondary N) is 1. The number of alkyl halides is 3. The van der Waals surface area contributed by atoms with Crippen LogP contribution in [0.5, 0.6) is 5.75 Å². The minimum absolute atomic E-state index is 0.128. The van der Waals surface area contributed by atoms with Crippen molar-refractivity contribution >= 4 is 28.4 Å². The van der Waals surface area contributed by atoms with Crippen LogP contribution in [-0.4, -0.2) is 46.3 Å². The Morgan fingerprint density at radius 3 is 2.79 bits per heavy atom. The number of hydrogen-bond donors (Lipinski definition) is 1. The molecule has 2 amide bonds. The molecular formula is C18H14F3N5O3. The normalized spacial score (nSPS) is 16.9. The SMILES string of the molecule is CN1C(=O)[C@@H](NC(=O)c2cc3c(cn2)cnn3C(F)(F)F)COc2ccccc21. The number of carbonyl (C=O) groups excluding carboxylic acids is 2. The number of halogens is 3. The van der Waals surface area contributed by atoms with Gasteiger partial charge in [-0.25, -0.2) is 0 Å². The van der Waals surface area contributed by atoms with E-state index in [1.165, 1.54) is 4.90 Å². The Labute approximate surface area is 161 Å². The number of amides is 2. The average Bonchev–Trinajstić information content (AvgIpc) is 3.09. The average molecular weight is 405 g/mol. The first-order valence-corrected chi connectivity index (χ1v) is 8.47. The third kappa shape index (κ3) is 3.35. The molecule has 1 aromatic carbocycles. The van der Waals surface area contributed by atoms with Gasteiger partial charge in [-0.15, -0.1) is 13.2 Å². The molecule has 2 aromatic heterocycles. The Hall–Kier alpha value is -3.63. The topological polar surface area (TPSA) is 89.4 Å². The molecule has 150 valence electrons. The molecule has 11 heteroatoms. The Balaban J connectivity index is 1.59. The molecule has 0 bridgehead atoms. The lowest BCUT2D eigenvalue weighted by Gasteiger charge is -2.20. The quantitative estimate of drug-likeness (QED) is 0.705. The number of carbonyl (C=O) groups is 2. The van der Waals surface area contributed by atoms with Gasteiger partial charge in [-0.2, -0.15) is 9.78 Å². The third-order valence-electron chi connectivity index (χ3n) is 4.49. The Morgan fingerprint density at radius 1 is 1.28 bits per heavy atom. The van der Waals surface area contributed by atoms with E-state index in [1.54, 1.807) is 31.3 Å². The number of rotatable bonds is 2. The summed E-state index contributed by atoms with van der Waals surface area (Å²) in [5, 5.41) is 5.88. The lowest BCUT2D eigenvalue weighted by Crippen LogP contribution is -2.49. The van der Waals surface area contributed by atoms with Gasteiger partial charge >= 0.3 is 6.30 Å². The van der Waals surface area contributed by atoms with E-state index < -0.39 is 24.2 Å². The zero-order valence-electron chi connectivity index (χ0n) is 15.0. The largest absolute Gasteiger partial charge is 0.505 e. The van der Waals surface area contributed by atoms with Gasteiger partial charge in [-0.05, 0) is 18.2 Å². The lowest BCUT2D eigenvalue weighted by atomic mass is 10.2. The standard InChI is InChI=1S/C18H14F3N5O3/c1-25-13-4-2-3-5-15(13)29-9-12(17(25)28)24-16(27)11-6-14-10(7-22-11)8-23-26(14)18(19,20)21/h2-8,12H,9H2,1H3,(H,24,27)/t12-/m0/s1. The van der Waals surface area contributed by atoms with Crippen LogP contribution < -0.4 is 15.0 Å². The molecule has 1 atom stereocenters. The highest BCUT2D eigenvalue weighted by Gasteiger charge is 2.34. The molecule has 0 saturated carbocycles. The number of pyridine rings is 1. The summed E-state index contributed by atoms with van der Waals surface area (Å²) in [6.45, 7) is -0.130. The van der Waals surface area contributed by atoms with Crippen molar-refractivity contribution < 1.29 is 27.5 Å². The van der Waals surface area contributed by atoms with Crippen LogP contribution in [-0.2, 0) is 11.1 Å². The molecule has 1 aliphatic heterocycles. The Morgan fingerprint density at radius 2 is 2.03 bits per heavy atom. The van der Waals surface area contributed by atoms with E-state index in [0.717, 1.165) is 18.5 Å². The van der Waals surface area contributed by atoms with Crippen LogP contribution in [0.1, 0.15) is 10.5 Å². The van der Waals surface area contributed by atoms with Gasteiger partial charge in [-0.3, -0.25) is 14.6 Å². The van der Waals surface area contributed by atoms with E-state index in [0.29, 0.717) is 11.4 Å². The number of hydrogen-bond acceptors (Lipinski definition) is 5. The molecule has 8 nitrogen and oxygen atoms in total. The summed E-state index contributed by atoms with van der Waals surface area (Å²) in [5.74, 6) is -0.749. The summed E-state index contributed by atoms with van der Waals surface area (Å²) >= 11 is 0. The molecule has 0 spiro atoms. The van der Waals surface area contributed by atoms with E-state index in [-0.39, 0.29) is 27.9 Å². The van der Waals surface area contributed by atoms with Crippen LogP contribution in [0, 0.1) is 0 Å². The fourth-order valence-electron chi connectivity index (χ4n) is 3.04. The van der Waals surface area contributed by atoms with Crippen LogP contribution in [0.2, 0.25) is 0 Å². The Bertz CT molecular complexity index is 1110. The number of fused-ring (bicyclic) bond motifs is 2. The minimum atomic E-state index is -4.74. The summed E-state index contributed by atoms with van der Waals surface area (Å²) < 4.78 is 44.6. The van der Waals surface area contributed by atoms with Crippen molar-refractivity contribution in [2.45, 2.75) is 12.3 Å². The number of aromatic nitrogens is 3. The minimum Gasteiger partial charge on any atom is -0.489 e. The Kier molecular flexibility index (Phi) is 4.36. The summed E-state index contributed by atoms with van der Waals surface area (Å²) in [6.07, 6.45) is -2.62. The fraction of sp³-hybridized carbons (Fsp3) is 0.222. The molecule has 0 fully saturated rings. The van der Waals surface area contributed by atoms with Crippen LogP contribution in [0.25, 0.3) is 10.9 Å². The molecular weight excluding hydrogens is 391 g/mol. The van der Waals surface area contributed by atoms with E-state index in [2.05, 4.69) is 15.4 Å². The van der Waals surface area contributed by atoms with Gasteiger partial charge in [-0.1, -0.05) is 12.1 Å². The van der Waals surface area contributed by atoms with Crippen LogP contribution in [0.4, 0.5) is 18.9 Å². The second kappa shape index (κ2) is 6.76. The monoisotopic (exact) mass is 405 g/mol. The number of likely N-dealkylation sites (N-methyl/N-ethyl adjacent to an activating group) is 1. The smallest absolute Gasteiger partial charge is 0.489 e. The second-order valence-electron chi connectivity index (χ2n) is 6.35. The maximum atomic E-state index is 13.0. The number of nitrogens with zero attached hydrogens (tertiary/aromatic N) is 4. The van der Waals surface area contributed by atoms with Crippen molar-refractivity contribution in [1.29, 1.82) is 0 Å². The molecule has 4 rings (SSSR count). The fourth-order valence-corrected chi connectivity index (χ4v) is 3.04. The lowest BCUT2D eigenvalue weighted by molar-refractivity contribution is -0.209. The summed E-state index contributed by atoms with van der Waals surface area (Å²) in [5.41, 5.74) is -0.0470. The molecule has 0 unspecified atom stereocenters. The molecule has 3 heterocycles. The number of benzene rings is 1. The van der Waals surface area contributed by atoms with Crippen LogP contribution in [0.3, 0.4) is 0 Å². The second-order valence-corrected chi connectivity index (χ2v) is 6.35.